The number of sulfone groups is 1. The third-order valence-corrected chi connectivity index (χ3v) is 12.3. The van der Waals surface area contributed by atoms with E-state index in [0.29, 0.717) is 57.1 Å². The summed E-state index contributed by atoms with van der Waals surface area (Å²) >= 11 is 0. The second-order valence-corrected chi connectivity index (χ2v) is 18.8. The van der Waals surface area contributed by atoms with Gasteiger partial charge >= 0.3 is 18.0 Å². The Kier molecular flexibility index (Phi) is 16.2. The lowest BCUT2D eigenvalue weighted by Gasteiger charge is -2.31. The summed E-state index contributed by atoms with van der Waals surface area (Å²) in [6.45, 7) is 8.16. The van der Waals surface area contributed by atoms with Crippen molar-refractivity contribution in [2.45, 2.75) is 65.2 Å². The molecule has 0 saturated carbocycles. The third kappa shape index (κ3) is 11.4. The van der Waals surface area contributed by atoms with Crippen LogP contribution in [0.15, 0.2) is 78.0 Å². The van der Waals surface area contributed by atoms with E-state index in [1.807, 2.05) is 20.8 Å². The van der Waals surface area contributed by atoms with Crippen LogP contribution in [0, 0.1) is 37.1 Å². The van der Waals surface area contributed by atoms with Crippen molar-refractivity contribution in [2.75, 3.05) is 41.0 Å². The number of aryl methyl sites for hydroxylation is 2. The number of fused-ring (bicyclic) bond motifs is 2. The molecule has 19 nitrogen and oxygen atoms in total. The maximum absolute atomic E-state index is 14.8. The van der Waals surface area contributed by atoms with Gasteiger partial charge in [-0.3, -0.25) is 14.4 Å². The molecule has 4 heterocycles. The van der Waals surface area contributed by atoms with Crippen LogP contribution in [-0.4, -0.2) is 89.2 Å². The average molecular weight is 1040 g/mol. The number of carboxylic acids is 1. The highest BCUT2D eigenvalue weighted by Crippen LogP contribution is 2.41. The minimum atomic E-state index is -4.01. The van der Waals surface area contributed by atoms with Gasteiger partial charge in [-0.25, -0.2) is 55.3 Å². The van der Waals surface area contributed by atoms with Crippen LogP contribution in [0.2, 0.25) is 0 Å². The standard InChI is InChI=1S/C26H26F2N6O4.C24H23F2N5O4S/c1-3-10-29-24(37)15-8-7-14(2)16(12-15)21-17-13-31-26(38)34(22-18(27)5-4-6-19(22)28)23(17)33-25(32-21)30-11-9-20(35)36;1-4-10-27-22(32)14-9-8-13(2)15(11-14)19-16-12-28-24(33)31(20-17(25)6-5-7-18(20)26)21(16)30-23(29-19)36(3,34)35/h4-8,12H,3,9-11,13H2,1-2H3,(H,29,37)(H,31,38)(H,35,36)(H,30,32,33);5-9,11H,4,10,12H2,1-3H3,(H,27,32)(H,28,33). The van der Waals surface area contributed by atoms with Gasteiger partial charge < -0.3 is 31.7 Å². The summed E-state index contributed by atoms with van der Waals surface area (Å²) in [4.78, 5) is 80.6. The highest BCUT2D eigenvalue weighted by atomic mass is 32.2. The van der Waals surface area contributed by atoms with Crippen molar-refractivity contribution in [3.63, 3.8) is 0 Å². The van der Waals surface area contributed by atoms with Crippen LogP contribution in [0.25, 0.3) is 22.5 Å². The van der Waals surface area contributed by atoms with Crippen molar-refractivity contribution in [2.24, 2.45) is 0 Å². The zero-order valence-corrected chi connectivity index (χ0v) is 41.3. The molecule has 0 aliphatic carbocycles. The second kappa shape index (κ2) is 22.5. The van der Waals surface area contributed by atoms with Crippen LogP contribution in [0.5, 0.6) is 0 Å². The Labute approximate surface area is 421 Å². The third-order valence-electron chi connectivity index (χ3n) is 11.5. The molecule has 0 saturated heterocycles. The number of hydrogen-bond donors (Lipinski definition) is 6. The molecule has 0 radical (unpaired) electrons. The van der Waals surface area contributed by atoms with Crippen molar-refractivity contribution in [1.82, 2.24) is 41.2 Å². The lowest BCUT2D eigenvalue weighted by Crippen LogP contribution is -2.43. The Morgan fingerprint density at radius 1 is 0.649 bits per heavy atom. The molecular formula is C50H49F4N11O8S. The molecule has 0 spiro atoms. The molecule has 6 amide bonds. The first-order valence-corrected chi connectivity index (χ1v) is 24.9. The molecule has 24 heteroatoms. The highest BCUT2D eigenvalue weighted by Gasteiger charge is 2.37. The van der Waals surface area contributed by atoms with Gasteiger partial charge in [0.1, 0.15) is 34.6 Å². The lowest BCUT2D eigenvalue weighted by molar-refractivity contribution is -0.136. The van der Waals surface area contributed by atoms with Crippen molar-refractivity contribution in [3.05, 3.63) is 129 Å². The average Bonchev–Trinajstić information content (AvgIpc) is 3.35. The number of rotatable bonds is 15. The van der Waals surface area contributed by atoms with Crippen LogP contribution >= 0.6 is 0 Å². The molecule has 6 N–H and O–H groups in total. The summed E-state index contributed by atoms with van der Waals surface area (Å²) in [6.07, 6.45) is 2.14. The van der Waals surface area contributed by atoms with Crippen LogP contribution in [0.3, 0.4) is 0 Å². The van der Waals surface area contributed by atoms with E-state index in [1.54, 1.807) is 43.3 Å². The Balaban J connectivity index is 0.000000217. The first-order chi connectivity index (χ1) is 35.2. The molecule has 2 aliphatic heterocycles. The number of benzene rings is 4. The lowest BCUT2D eigenvalue weighted by atomic mass is 9.97. The molecule has 4 aromatic carbocycles. The largest absolute Gasteiger partial charge is 0.481 e. The van der Waals surface area contributed by atoms with Crippen molar-refractivity contribution in [3.8, 4) is 22.5 Å². The van der Waals surface area contributed by atoms with Gasteiger partial charge in [0.2, 0.25) is 20.9 Å². The summed E-state index contributed by atoms with van der Waals surface area (Å²) in [7, 11) is -4.01. The molecule has 0 fully saturated rings. The van der Waals surface area contributed by atoms with Gasteiger partial charge in [0, 0.05) is 59.3 Å². The van der Waals surface area contributed by atoms with Crippen molar-refractivity contribution in [1.29, 1.82) is 0 Å². The first kappa shape index (κ1) is 53.3. The predicted molar refractivity (Wildman–Crippen MR) is 265 cm³/mol. The number of carboxylic acid groups (broad SMARTS) is 1. The summed E-state index contributed by atoms with van der Waals surface area (Å²) in [5, 5.41) is 21.9. The molecule has 8 rings (SSSR count). The highest BCUT2D eigenvalue weighted by molar-refractivity contribution is 7.90. The fourth-order valence-electron chi connectivity index (χ4n) is 7.81. The Morgan fingerprint density at radius 2 is 1.08 bits per heavy atom. The van der Waals surface area contributed by atoms with Gasteiger partial charge in [0.25, 0.3) is 11.8 Å². The number of anilines is 5. The predicted octanol–water partition coefficient (Wildman–Crippen LogP) is 7.75. The quantitative estimate of drug-likeness (QED) is 0.0425. The Morgan fingerprint density at radius 3 is 1.50 bits per heavy atom. The van der Waals surface area contributed by atoms with Crippen LogP contribution in [0.1, 0.15) is 76.1 Å². The van der Waals surface area contributed by atoms with Crippen molar-refractivity contribution >= 4 is 68.6 Å². The van der Waals surface area contributed by atoms with E-state index in [0.717, 1.165) is 59.9 Å². The summed E-state index contributed by atoms with van der Waals surface area (Å²) in [5.41, 5.74) is 2.76. The zero-order valence-electron chi connectivity index (χ0n) is 40.5. The van der Waals surface area contributed by atoms with Crippen LogP contribution in [0.4, 0.5) is 56.1 Å². The van der Waals surface area contributed by atoms with E-state index in [4.69, 9.17) is 5.11 Å². The van der Waals surface area contributed by atoms with Gasteiger partial charge in [-0.15, -0.1) is 0 Å². The van der Waals surface area contributed by atoms with E-state index in [9.17, 15) is 50.0 Å². The zero-order chi connectivity index (χ0) is 53.6. The molecule has 0 bridgehead atoms. The SMILES string of the molecule is CCCNC(=O)c1ccc(C)c(-c2nc(NCCC(=O)O)nc3c2CNC(=O)N3c2c(F)cccc2F)c1.CCCNC(=O)c1ccc(C)c(-c2nc(S(C)(=O)=O)nc3c2CNC(=O)N3c2c(F)cccc2F)c1. The molecule has 2 aliphatic rings. The fraction of sp³-hybridized carbons (Fsp3) is 0.260. The van der Waals surface area contributed by atoms with Crippen LogP contribution in [-0.2, 0) is 27.7 Å². The molecule has 6 aromatic rings. The number of aliphatic carboxylic acids is 1. The Bertz CT molecular complexity index is 3310. The number of urea groups is 2. The van der Waals surface area contributed by atoms with Gasteiger partial charge in [0.15, 0.2) is 11.6 Å². The van der Waals surface area contributed by atoms with Gasteiger partial charge in [-0.1, -0.05) is 38.1 Å². The van der Waals surface area contributed by atoms with Crippen molar-refractivity contribution < 1.29 is 55.1 Å². The van der Waals surface area contributed by atoms with E-state index < -0.39 is 67.7 Å². The molecule has 0 unspecified atom stereocenters. The normalized spacial score (nSPS) is 12.9. The number of aromatic nitrogens is 4. The minimum absolute atomic E-state index is 0.0355. The number of nitrogens with one attached hydrogen (secondary N) is 5. The second-order valence-electron chi connectivity index (χ2n) is 16.9. The van der Waals surface area contributed by atoms with Gasteiger partial charge in [-0.2, -0.15) is 9.97 Å². The maximum atomic E-state index is 14.8. The summed E-state index contributed by atoms with van der Waals surface area (Å²) in [6, 6.07) is 14.6. The maximum Gasteiger partial charge on any atom is 0.328 e. The monoisotopic (exact) mass is 1040 g/mol. The Hall–Kier alpha value is -8.54. The molecule has 74 heavy (non-hydrogen) atoms. The number of carbonyl (C=O) groups excluding carboxylic acids is 4. The molecule has 2 aromatic heterocycles. The summed E-state index contributed by atoms with van der Waals surface area (Å²) in [5.74, 6) is -6.06. The smallest absolute Gasteiger partial charge is 0.328 e. The number of amides is 6. The van der Waals surface area contributed by atoms with E-state index in [1.165, 1.54) is 6.07 Å². The topological polar surface area (TPSA) is 258 Å². The number of carbonyl (C=O) groups is 5. The summed E-state index contributed by atoms with van der Waals surface area (Å²) < 4.78 is 84.0. The molecular weight excluding hydrogens is 991 g/mol. The van der Waals surface area contributed by atoms with E-state index in [-0.39, 0.29) is 66.7 Å². The van der Waals surface area contributed by atoms with Gasteiger partial charge in [-0.05, 0) is 86.3 Å². The molecule has 0 atom stereocenters. The minimum Gasteiger partial charge on any atom is -0.481 e. The van der Waals surface area contributed by atoms with Gasteiger partial charge in [0.05, 0.1) is 30.9 Å². The number of hydrogen-bond acceptors (Lipinski definition) is 12. The number of halogens is 4. The van der Waals surface area contributed by atoms with Crippen LogP contribution < -0.4 is 36.4 Å². The number of nitrogens with zero attached hydrogens (tertiary/aromatic N) is 6. The van der Waals surface area contributed by atoms with E-state index >= 15 is 0 Å². The van der Waals surface area contributed by atoms with E-state index in [2.05, 4.69) is 46.5 Å². The first-order valence-electron chi connectivity index (χ1n) is 23.0. The fourth-order valence-corrected chi connectivity index (χ4v) is 8.32. The number of para-hydroxylation sites is 2. The molecule has 386 valence electrons.